The summed E-state index contributed by atoms with van der Waals surface area (Å²) in [6.07, 6.45) is 4.49. The number of piperidine rings is 1. The number of fused-ring (bicyclic) bond motifs is 3. The van der Waals surface area contributed by atoms with E-state index in [4.69, 9.17) is 25.9 Å². The molecule has 2 saturated heterocycles. The van der Waals surface area contributed by atoms with Crippen molar-refractivity contribution in [3.63, 3.8) is 0 Å². The van der Waals surface area contributed by atoms with Gasteiger partial charge in [-0.1, -0.05) is 61.3 Å². The third-order valence-electron chi connectivity index (χ3n) is 16.3. The second-order valence-electron chi connectivity index (χ2n) is 20.5. The number of ether oxygens (including phenoxy) is 1. The first-order chi connectivity index (χ1) is 34.4. The van der Waals surface area contributed by atoms with E-state index in [0.29, 0.717) is 75.1 Å². The number of halogens is 5. The van der Waals surface area contributed by atoms with Crippen LogP contribution in [0.2, 0.25) is 0 Å². The number of imidazole rings is 1. The van der Waals surface area contributed by atoms with Crippen LogP contribution in [0.5, 0.6) is 0 Å². The lowest BCUT2D eigenvalue weighted by Crippen LogP contribution is -2.48. The summed E-state index contributed by atoms with van der Waals surface area (Å²) in [5, 5.41) is 6.07. The number of amides is 1. The van der Waals surface area contributed by atoms with Gasteiger partial charge in [0.2, 0.25) is 0 Å². The van der Waals surface area contributed by atoms with Gasteiger partial charge in [-0.25, -0.2) is 14.0 Å². The molecular formula is C54H55ClF4N8O5. The highest BCUT2D eigenvalue weighted by molar-refractivity contribution is 6.30. The fourth-order valence-electron chi connectivity index (χ4n) is 12.2. The maximum absolute atomic E-state index is 16.6. The van der Waals surface area contributed by atoms with E-state index in [2.05, 4.69) is 60.2 Å². The summed E-state index contributed by atoms with van der Waals surface area (Å²) in [4.78, 5) is 57.1. The molecule has 2 unspecified atom stereocenters. The largest absolute Gasteiger partial charge is 0.438 e. The van der Waals surface area contributed by atoms with E-state index >= 15 is 14.0 Å². The molecule has 3 aliphatic heterocycles. The van der Waals surface area contributed by atoms with E-state index in [0.717, 1.165) is 57.4 Å². The van der Waals surface area contributed by atoms with Crippen molar-refractivity contribution in [1.29, 1.82) is 0 Å². The van der Waals surface area contributed by atoms with Gasteiger partial charge in [-0.15, -0.1) is 0 Å². The zero-order chi connectivity index (χ0) is 50.5. The van der Waals surface area contributed by atoms with Gasteiger partial charge in [-0.3, -0.25) is 33.4 Å². The van der Waals surface area contributed by atoms with Crippen molar-refractivity contribution in [2.75, 3.05) is 26.3 Å². The number of aromatic nitrogens is 6. The minimum atomic E-state index is -4.49. The van der Waals surface area contributed by atoms with Gasteiger partial charge >= 0.3 is 17.6 Å². The van der Waals surface area contributed by atoms with E-state index in [9.17, 15) is 18.0 Å². The van der Waals surface area contributed by atoms with Gasteiger partial charge in [0.1, 0.15) is 11.2 Å². The molecule has 18 heteroatoms. The van der Waals surface area contributed by atoms with Gasteiger partial charge in [0, 0.05) is 101 Å². The highest BCUT2D eigenvalue weighted by Gasteiger charge is 2.59. The topological polar surface area (TPSA) is 146 Å². The minimum Gasteiger partial charge on any atom is -0.381 e. The molecule has 1 N–H and O–H groups in total. The number of benzene rings is 2. The Hall–Kier alpha value is -6.33. The molecular weight excluding hydrogens is 952 g/mol. The molecule has 0 radical (unpaired) electrons. The number of allylic oxidation sites excluding steroid dienone is 5. The van der Waals surface area contributed by atoms with Gasteiger partial charge in [0.05, 0.1) is 18.2 Å². The van der Waals surface area contributed by atoms with Crippen molar-refractivity contribution in [2.24, 2.45) is 28.7 Å². The van der Waals surface area contributed by atoms with Crippen LogP contribution in [0.25, 0.3) is 33.1 Å². The molecule has 11 rings (SSSR count). The molecule has 6 atom stereocenters. The number of carbonyl (C=O) groups is 1. The SMILES string of the molecule is CC1=C(Cl)C(C)C(C)C(C[C@@H]2CCN=C3CCN(C(=O)c4cc5cc(C6CCOCC6)ccc5n4[C@@]4(c5noc(=O)[nH]5)C[C@@H]4C)[C@@H](C)C3=C2n2ccn(-c3ccc4cc(CC(F)(F)F)ncc4c3F)c2=O)=C1. The van der Waals surface area contributed by atoms with Crippen LogP contribution in [0.4, 0.5) is 17.6 Å². The summed E-state index contributed by atoms with van der Waals surface area (Å²) in [7, 11) is 0. The second kappa shape index (κ2) is 18.0. The molecule has 4 aromatic heterocycles. The lowest BCUT2D eigenvalue weighted by molar-refractivity contribution is -0.127. The van der Waals surface area contributed by atoms with Crippen LogP contribution in [0, 0.1) is 29.5 Å². The van der Waals surface area contributed by atoms with E-state index in [1.165, 1.54) is 34.5 Å². The number of rotatable bonds is 9. The zero-order valence-electron chi connectivity index (χ0n) is 40.7. The van der Waals surface area contributed by atoms with Gasteiger partial charge < -0.3 is 14.2 Å². The van der Waals surface area contributed by atoms with Crippen LogP contribution < -0.4 is 11.4 Å². The fraction of sp³-hybridized carbons (Fsp3) is 0.444. The Bertz CT molecular complexity index is 3440. The fourth-order valence-corrected chi connectivity index (χ4v) is 12.4. The predicted molar refractivity (Wildman–Crippen MR) is 266 cm³/mol. The summed E-state index contributed by atoms with van der Waals surface area (Å²) in [6.45, 7) is 12.4. The lowest BCUT2D eigenvalue weighted by atomic mass is 9.76. The van der Waals surface area contributed by atoms with Crippen LogP contribution in [0.3, 0.4) is 0 Å². The van der Waals surface area contributed by atoms with Crippen LogP contribution >= 0.6 is 11.6 Å². The Kier molecular flexibility index (Phi) is 12.0. The molecule has 13 nitrogen and oxygen atoms in total. The van der Waals surface area contributed by atoms with Crippen LogP contribution in [0.15, 0.2) is 108 Å². The van der Waals surface area contributed by atoms with Crippen molar-refractivity contribution in [1.82, 2.24) is 33.7 Å². The Morgan fingerprint density at radius 3 is 2.46 bits per heavy atom. The van der Waals surface area contributed by atoms with Crippen LogP contribution in [-0.4, -0.2) is 83.9 Å². The van der Waals surface area contributed by atoms with Gasteiger partial charge in [0.25, 0.3) is 5.91 Å². The third-order valence-corrected chi connectivity index (χ3v) is 16.9. The number of pyridine rings is 1. The Morgan fingerprint density at radius 1 is 0.972 bits per heavy atom. The third kappa shape index (κ3) is 8.10. The number of aromatic amines is 1. The normalized spacial score (nSPS) is 25.2. The zero-order valence-corrected chi connectivity index (χ0v) is 41.4. The number of alkyl halides is 3. The summed E-state index contributed by atoms with van der Waals surface area (Å²) < 4.78 is 71.9. The molecule has 72 heavy (non-hydrogen) atoms. The number of nitrogens with zero attached hydrogens (tertiary/aromatic N) is 7. The smallest absolute Gasteiger partial charge is 0.381 e. The Labute approximate surface area is 416 Å². The number of hydrogen-bond acceptors (Lipinski definition) is 8. The number of nitrogens with one attached hydrogen (secondary N) is 1. The van der Waals surface area contributed by atoms with Crippen molar-refractivity contribution < 1.29 is 31.6 Å². The molecule has 1 saturated carbocycles. The van der Waals surface area contributed by atoms with E-state index in [1.54, 1.807) is 10.8 Å². The molecule has 0 bridgehead atoms. The van der Waals surface area contributed by atoms with Crippen molar-refractivity contribution >= 4 is 50.6 Å². The molecule has 1 amide bonds. The van der Waals surface area contributed by atoms with Crippen molar-refractivity contribution in [2.45, 2.75) is 103 Å². The highest BCUT2D eigenvalue weighted by Crippen LogP contribution is 2.56. The lowest BCUT2D eigenvalue weighted by Gasteiger charge is -2.39. The molecule has 7 heterocycles. The number of H-pyrrole nitrogens is 1. The molecule has 2 aliphatic carbocycles. The maximum Gasteiger partial charge on any atom is 0.438 e. The summed E-state index contributed by atoms with van der Waals surface area (Å²) in [5.41, 5.74) is 4.96. The molecule has 5 aliphatic rings. The summed E-state index contributed by atoms with van der Waals surface area (Å²) in [6, 6.07) is 11.8. The number of carbonyl (C=O) groups excluding carboxylic acids is 1. The number of hydrogen-bond donors (Lipinski definition) is 1. The first kappa shape index (κ1) is 48.0. The molecule has 2 aromatic carbocycles. The van der Waals surface area contributed by atoms with Gasteiger partial charge in [-0.05, 0) is 116 Å². The quantitative estimate of drug-likeness (QED) is 0.142. The monoisotopic (exact) mass is 1010 g/mol. The van der Waals surface area contributed by atoms with E-state index in [1.807, 2.05) is 29.4 Å². The molecule has 6 aromatic rings. The van der Waals surface area contributed by atoms with Gasteiger partial charge in [-0.2, -0.15) is 13.2 Å². The van der Waals surface area contributed by atoms with E-state index < -0.39 is 41.4 Å². The summed E-state index contributed by atoms with van der Waals surface area (Å²) in [5.74, 6) is -1.23. The standard InChI is InChI=1S/C54H55ClF4N8O5/c1-28-20-37(30(3)31(4)46(28)55)22-36-10-14-60-41-11-15-64(32(5)45(41)48(36)66-17-16-65(52(66)70)43-9-7-35-23-39(26-54(57,58)59)61-27-40(35)47(43)56)49(68)44-24-38-21-34(33-12-18-71-19-13-33)6-8-42(38)67(44)53(25-29(53)2)50-62-51(69)72-63-50/h6-9,16-17,20-21,23-24,27,29-33,36H,10-15,18-19,22,25-26H2,1-5H3,(H,62,63,69)/t29-,30?,31?,32-,36-,53-/m0/s1. The Balaban J connectivity index is 1.05. The molecule has 0 spiro atoms. The average molecular weight is 1010 g/mol. The van der Waals surface area contributed by atoms with Crippen LogP contribution in [0.1, 0.15) is 107 Å². The number of likely N-dealkylation sites (tertiary alicyclic amines) is 1. The molecule has 3 fully saturated rings. The Morgan fingerprint density at radius 2 is 1.74 bits per heavy atom. The minimum absolute atomic E-state index is 0.0101. The van der Waals surface area contributed by atoms with Crippen LogP contribution in [-0.2, 0) is 16.7 Å². The number of aliphatic imine (C=N–C) groups is 1. The first-order valence-electron chi connectivity index (χ1n) is 24.8. The van der Waals surface area contributed by atoms with E-state index in [-0.39, 0.29) is 51.7 Å². The highest BCUT2D eigenvalue weighted by atomic mass is 35.5. The van der Waals surface area contributed by atoms with Gasteiger partial charge in [0.15, 0.2) is 11.6 Å². The first-order valence-corrected chi connectivity index (χ1v) is 25.2. The van der Waals surface area contributed by atoms with Crippen molar-refractivity contribution in [3.8, 4) is 5.69 Å². The average Bonchev–Trinajstić information content (AvgIpc) is 3.58. The summed E-state index contributed by atoms with van der Waals surface area (Å²) >= 11 is 6.81. The molecule has 376 valence electrons. The predicted octanol–water partition coefficient (Wildman–Crippen LogP) is 10.5. The second-order valence-corrected chi connectivity index (χ2v) is 20.9. The van der Waals surface area contributed by atoms with Crippen molar-refractivity contribution in [3.05, 3.63) is 139 Å². The maximum atomic E-state index is 16.6.